The van der Waals surface area contributed by atoms with Crippen LogP contribution in [0.1, 0.15) is 6.92 Å². The van der Waals surface area contributed by atoms with Crippen molar-refractivity contribution in [2.75, 3.05) is 13.2 Å². The molecule has 0 aromatic rings. The van der Waals surface area contributed by atoms with Crippen LogP contribution in [0.4, 0.5) is 0 Å². The number of carbonyl (C=O) groups excluding carboxylic acids is 1. The monoisotopic (exact) mass is 196 g/mol. The van der Waals surface area contributed by atoms with Crippen LogP contribution in [0.5, 0.6) is 0 Å². The van der Waals surface area contributed by atoms with E-state index in [1.165, 1.54) is 6.92 Å². The first-order chi connectivity index (χ1) is 5.99. The minimum atomic E-state index is -1.22. The fourth-order valence-corrected chi connectivity index (χ4v) is 0.171. The van der Waals surface area contributed by atoms with Gasteiger partial charge in [0.2, 0.25) is 0 Å². The van der Waals surface area contributed by atoms with Crippen LogP contribution in [0.15, 0.2) is 0 Å². The fourth-order valence-electron chi connectivity index (χ4n) is 0.171. The van der Waals surface area contributed by atoms with Crippen LogP contribution in [0.3, 0.4) is 0 Å². The summed E-state index contributed by atoms with van der Waals surface area (Å²) in [6, 6.07) is 0. The molecular formula is C7H16O6. The number of carbonyl (C=O) groups is 1. The van der Waals surface area contributed by atoms with E-state index in [1.54, 1.807) is 0 Å². The predicted octanol–water partition coefficient (Wildman–Crippen LogP) is -2.74. The molecule has 0 saturated carbocycles. The van der Waals surface area contributed by atoms with Crippen molar-refractivity contribution in [2.24, 2.45) is 0 Å². The van der Waals surface area contributed by atoms with Crippen molar-refractivity contribution < 1.29 is 30.3 Å². The highest BCUT2D eigenvalue weighted by atomic mass is 16.3. The molecule has 6 heteroatoms. The summed E-state index contributed by atoms with van der Waals surface area (Å²) in [7, 11) is 0. The van der Waals surface area contributed by atoms with Crippen molar-refractivity contribution in [3.05, 3.63) is 0 Å². The van der Waals surface area contributed by atoms with Gasteiger partial charge in [-0.3, -0.25) is 0 Å². The minimum Gasteiger partial charge on any atom is -0.394 e. The van der Waals surface area contributed by atoms with E-state index in [-0.39, 0.29) is 13.2 Å². The lowest BCUT2D eigenvalue weighted by molar-refractivity contribution is -0.119. The van der Waals surface area contributed by atoms with Gasteiger partial charge in [-0.2, -0.15) is 0 Å². The molecule has 13 heavy (non-hydrogen) atoms. The summed E-state index contributed by atoms with van der Waals surface area (Å²) in [5, 5.41) is 40.7. The average Bonchev–Trinajstić information content (AvgIpc) is 2.16. The van der Waals surface area contributed by atoms with Crippen LogP contribution >= 0.6 is 0 Å². The van der Waals surface area contributed by atoms with Crippen LogP contribution in [0.2, 0.25) is 0 Å². The third-order valence-corrected chi connectivity index (χ3v) is 1.06. The molecule has 0 fully saturated rings. The SMILES string of the molecule is CC(O)C(O)C=O.OCC(O)CO. The quantitative estimate of drug-likeness (QED) is 0.311. The number of aliphatic hydroxyl groups excluding tert-OH is 5. The Kier molecular flexibility index (Phi) is 11.0. The number of hydrogen-bond donors (Lipinski definition) is 5. The van der Waals surface area contributed by atoms with E-state index in [4.69, 9.17) is 25.5 Å². The molecule has 80 valence electrons. The maximum atomic E-state index is 9.54. The van der Waals surface area contributed by atoms with Gasteiger partial charge in [0.05, 0.1) is 19.3 Å². The van der Waals surface area contributed by atoms with E-state index in [1.807, 2.05) is 0 Å². The summed E-state index contributed by atoms with van der Waals surface area (Å²) >= 11 is 0. The predicted molar refractivity (Wildman–Crippen MR) is 43.9 cm³/mol. The maximum Gasteiger partial charge on any atom is 0.151 e. The van der Waals surface area contributed by atoms with Crippen LogP contribution in [-0.4, -0.2) is 63.3 Å². The Balaban J connectivity index is 0. The zero-order valence-corrected chi connectivity index (χ0v) is 7.37. The molecule has 2 atom stereocenters. The third kappa shape index (κ3) is 11.5. The second kappa shape index (κ2) is 9.56. The molecule has 0 saturated heterocycles. The smallest absolute Gasteiger partial charge is 0.151 e. The molecule has 2 unspecified atom stereocenters. The number of aldehydes is 1. The first kappa shape index (κ1) is 15.0. The highest BCUT2D eigenvalue weighted by molar-refractivity contribution is 5.56. The molecule has 0 aliphatic heterocycles. The van der Waals surface area contributed by atoms with E-state index < -0.39 is 18.3 Å². The maximum absolute atomic E-state index is 9.54. The fraction of sp³-hybridized carbons (Fsp3) is 0.857. The van der Waals surface area contributed by atoms with Crippen molar-refractivity contribution in [3.8, 4) is 0 Å². The standard InChI is InChI=1S/C4H8O3.C3H8O3/c1-3(6)4(7)2-5;4-1-3(6)2-5/h2-4,6-7H,1H3;3-6H,1-2H2. The van der Waals surface area contributed by atoms with Gasteiger partial charge in [0.15, 0.2) is 6.29 Å². The molecule has 5 N–H and O–H groups in total. The Morgan fingerprint density at radius 2 is 1.54 bits per heavy atom. The Labute approximate surface area is 76.1 Å². The molecule has 0 aliphatic rings. The van der Waals surface area contributed by atoms with Crippen LogP contribution in [0.25, 0.3) is 0 Å². The van der Waals surface area contributed by atoms with E-state index in [2.05, 4.69) is 0 Å². The van der Waals surface area contributed by atoms with Gasteiger partial charge in [0, 0.05) is 0 Å². The topological polar surface area (TPSA) is 118 Å². The number of rotatable bonds is 4. The Morgan fingerprint density at radius 3 is 1.54 bits per heavy atom. The molecule has 0 rings (SSSR count). The number of hydrogen-bond acceptors (Lipinski definition) is 6. The van der Waals surface area contributed by atoms with Gasteiger partial charge in [-0.05, 0) is 6.92 Å². The molecule has 0 aromatic carbocycles. The molecule has 6 nitrogen and oxygen atoms in total. The zero-order valence-electron chi connectivity index (χ0n) is 7.37. The van der Waals surface area contributed by atoms with Crippen LogP contribution in [-0.2, 0) is 4.79 Å². The van der Waals surface area contributed by atoms with Gasteiger partial charge in [0.25, 0.3) is 0 Å². The van der Waals surface area contributed by atoms with Gasteiger partial charge in [-0.15, -0.1) is 0 Å². The van der Waals surface area contributed by atoms with Gasteiger partial charge >= 0.3 is 0 Å². The van der Waals surface area contributed by atoms with Gasteiger partial charge in [0.1, 0.15) is 12.2 Å². The summed E-state index contributed by atoms with van der Waals surface area (Å²) in [5.74, 6) is 0. The van der Waals surface area contributed by atoms with Crippen molar-refractivity contribution in [1.29, 1.82) is 0 Å². The lowest BCUT2D eigenvalue weighted by Crippen LogP contribution is -2.23. The zero-order chi connectivity index (χ0) is 10.9. The largest absolute Gasteiger partial charge is 0.394 e. The summed E-state index contributed by atoms with van der Waals surface area (Å²) < 4.78 is 0. The van der Waals surface area contributed by atoms with Gasteiger partial charge in [-0.1, -0.05) is 0 Å². The van der Waals surface area contributed by atoms with Gasteiger partial charge < -0.3 is 30.3 Å². The summed E-state index contributed by atoms with van der Waals surface area (Å²) in [5.41, 5.74) is 0. The van der Waals surface area contributed by atoms with Crippen molar-refractivity contribution in [1.82, 2.24) is 0 Å². The molecular weight excluding hydrogens is 180 g/mol. The molecule has 0 amide bonds. The van der Waals surface area contributed by atoms with E-state index >= 15 is 0 Å². The highest BCUT2D eigenvalue weighted by Crippen LogP contribution is 1.84. The molecule has 0 bridgehead atoms. The van der Waals surface area contributed by atoms with Crippen molar-refractivity contribution >= 4 is 6.29 Å². The molecule has 0 aromatic heterocycles. The molecule has 0 heterocycles. The molecule has 0 aliphatic carbocycles. The third-order valence-electron chi connectivity index (χ3n) is 1.06. The summed E-state index contributed by atoms with van der Waals surface area (Å²) in [6.45, 7) is 0.617. The van der Waals surface area contributed by atoms with E-state index in [0.717, 1.165) is 0 Å². The minimum absolute atomic E-state index is 0.296. The Bertz CT molecular complexity index is 112. The Morgan fingerprint density at radius 1 is 1.15 bits per heavy atom. The van der Waals surface area contributed by atoms with Gasteiger partial charge in [-0.25, -0.2) is 0 Å². The summed E-state index contributed by atoms with van der Waals surface area (Å²) in [6.07, 6.45) is -2.83. The van der Waals surface area contributed by atoms with Crippen LogP contribution < -0.4 is 0 Å². The summed E-state index contributed by atoms with van der Waals surface area (Å²) in [4.78, 5) is 9.54. The second-order valence-corrected chi connectivity index (χ2v) is 2.39. The van der Waals surface area contributed by atoms with E-state index in [0.29, 0.717) is 6.29 Å². The van der Waals surface area contributed by atoms with Crippen molar-refractivity contribution in [3.63, 3.8) is 0 Å². The van der Waals surface area contributed by atoms with E-state index in [9.17, 15) is 4.79 Å². The van der Waals surface area contributed by atoms with Crippen LogP contribution in [0, 0.1) is 0 Å². The lowest BCUT2D eigenvalue weighted by atomic mass is 10.3. The van der Waals surface area contributed by atoms with Crippen molar-refractivity contribution in [2.45, 2.75) is 25.2 Å². The molecule has 0 radical (unpaired) electrons. The first-order valence-electron chi connectivity index (χ1n) is 3.70. The highest BCUT2D eigenvalue weighted by Gasteiger charge is 2.06. The Hall–Kier alpha value is -0.530. The second-order valence-electron chi connectivity index (χ2n) is 2.39. The normalized spacial score (nSPS) is 14.4. The molecule has 0 spiro atoms. The average molecular weight is 196 g/mol. The lowest BCUT2D eigenvalue weighted by Gasteiger charge is -2.02. The first-order valence-corrected chi connectivity index (χ1v) is 3.70. The number of aliphatic hydroxyl groups is 5.